The molecule has 0 aliphatic carbocycles. The van der Waals surface area contributed by atoms with Crippen molar-refractivity contribution in [3.63, 3.8) is 0 Å². The summed E-state index contributed by atoms with van der Waals surface area (Å²) in [6, 6.07) is 2.03. The molecule has 0 saturated carbocycles. The Morgan fingerprint density at radius 3 is 2.67 bits per heavy atom. The number of likely N-dealkylation sites (N-methyl/N-ethyl adjacent to an activating group) is 1. The van der Waals surface area contributed by atoms with Crippen LogP contribution in [0.5, 0.6) is 0 Å². The third-order valence-electron chi connectivity index (χ3n) is 2.77. The van der Waals surface area contributed by atoms with Crippen molar-refractivity contribution in [2.75, 3.05) is 26.2 Å². The summed E-state index contributed by atoms with van der Waals surface area (Å²) in [5, 5.41) is 3.44. The summed E-state index contributed by atoms with van der Waals surface area (Å²) in [5.41, 5.74) is 1.05. The lowest BCUT2D eigenvalue weighted by Crippen LogP contribution is -2.32. The Morgan fingerprint density at radius 2 is 2.06 bits per heavy atom. The number of pyridine rings is 1. The molecule has 1 N–H and O–H groups in total. The van der Waals surface area contributed by atoms with Crippen LogP contribution in [0, 0.1) is 0 Å². The predicted octanol–water partition coefficient (Wildman–Crippen LogP) is 3.43. The van der Waals surface area contributed by atoms with E-state index in [1.54, 1.807) is 0 Å². The Balaban J connectivity index is 2.29. The lowest BCUT2D eigenvalue weighted by atomic mass is 10.3. The van der Waals surface area contributed by atoms with E-state index in [0.717, 1.165) is 40.8 Å². The highest BCUT2D eigenvalue weighted by Gasteiger charge is 2.03. The van der Waals surface area contributed by atoms with E-state index in [0.29, 0.717) is 0 Å². The van der Waals surface area contributed by atoms with Crippen molar-refractivity contribution in [3.8, 4) is 0 Å². The van der Waals surface area contributed by atoms with Gasteiger partial charge in [-0.15, -0.1) is 0 Å². The van der Waals surface area contributed by atoms with Crippen molar-refractivity contribution in [2.45, 2.75) is 26.8 Å². The summed E-state index contributed by atoms with van der Waals surface area (Å²) in [6.45, 7) is 9.63. The second-order valence-electron chi connectivity index (χ2n) is 4.19. The van der Waals surface area contributed by atoms with Gasteiger partial charge in [0.2, 0.25) is 0 Å². The highest BCUT2D eigenvalue weighted by Crippen LogP contribution is 2.19. The van der Waals surface area contributed by atoms with Gasteiger partial charge in [-0.2, -0.15) is 0 Å². The molecule has 0 unspecified atom stereocenters. The summed E-state index contributed by atoms with van der Waals surface area (Å²) >= 11 is 6.93. The van der Waals surface area contributed by atoms with Crippen LogP contribution in [0.4, 0.5) is 0 Å². The highest BCUT2D eigenvalue weighted by molar-refractivity contribution is 9.11. The van der Waals surface area contributed by atoms with E-state index in [2.05, 4.69) is 60.9 Å². The maximum Gasteiger partial charge on any atom is 0.0684 e. The number of hydrogen-bond donors (Lipinski definition) is 1. The molecular formula is C13H21Br2N3. The zero-order valence-electron chi connectivity index (χ0n) is 11.0. The Labute approximate surface area is 127 Å². The average molecular weight is 379 g/mol. The lowest BCUT2D eigenvalue weighted by molar-refractivity contribution is 0.287. The molecule has 0 amide bonds. The Morgan fingerprint density at radius 1 is 1.28 bits per heavy atom. The van der Waals surface area contributed by atoms with Gasteiger partial charge in [-0.1, -0.05) is 13.8 Å². The van der Waals surface area contributed by atoms with Crippen molar-refractivity contribution in [1.29, 1.82) is 0 Å². The van der Waals surface area contributed by atoms with Crippen molar-refractivity contribution in [3.05, 3.63) is 26.9 Å². The third-order valence-corrected chi connectivity index (χ3v) is 3.89. The molecule has 0 aromatic carbocycles. The first-order valence-electron chi connectivity index (χ1n) is 6.40. The van der Waals surface area contributed by atoms with Gasteiger partial charge >= 0.3 is 0 Å². The molecule has 0 bridgehead atoms. The molecule has 0 aliphatic heterocycles. The van der Waals surface area contributed by atoms with Crippen LogP contribution in [0.2, 0.25) is 0 Å². The lowest BCUT2D eigenvalue weighted by Gasteiger charge is -2.19. The van der Waals surface area contributed by atoms with Crippen LogP contribution in [0.1, 0.15) is 26.0 Å². The molecule has 0 spiro atoms. The summed E-state index contributed by atoms with van der Waals surface area (Å²) in [4.78, 5) is 6.84. The second-order valence-corrected chi connectivity index (χ2v) is 5.96. The molecule has 0 aliphatic rings. The van der Waals surface area contributed by atoms with Gasteiger partial charge in [0.25, 0.3) is 0 Å². The van der Waals surface area contributed by atoms with Crippen molar-refractivity contribution < 1.29 is 0 Å². The van der Waals surface area contributed by atoms with Gasteiger partial charge in [0, 0.05) is 34.8 Å². The fourth-order valence-corrected chi connectivity index (χ4v) is 2.89. The maximum absolute atomic E-state index is 4.38. The van der Waals surface area contributed by atoms with Gasteiger partial charge in [0.15, 0.2) is 0 Å². The zero-order valence-corrected chi connectivity index (χ0v) is 14.2. The van der Waals surface area contributed by atoms with Crippen LogP contribution < -0.4 is 5.32 Å². The van der Waals surface area contributed by atoms with Crippen LogP contribution >= 0.6 is 31.9 Å². The van der Waals surface area contributed by atoms with E-state index < -0.39 is 0 Å². The number of rotatable bonds is 8. The molecule has 1 rings (SSSR count). The summed E-state index contributed by atoms with van der Waals surface area (Å²) < 4.78 is 2.04. The Bertz CT molecular complexity index is 358. The Kier molecular flexibility index (Phi) is 8.06. The number of nitrogens with zero attached hydrogens (tertiary/aromatic N) is 2. The summed E-state index contributed by atoms with van der Waals surface area (Å²) in [5.74, 6) is 0. The van der Waals surface area contributed by atoms with Crippen LogP contribution in [-0.4, -0.2) is 36.1 Å². The minimum absolute atomic E-state index is 0.803. The van der Waals surface area contributed by atoms with E-state index >= 15 is 0 Å². The van der Waals surface area contributed by atoms with E-state index in [1.807, 2.05) is 12.3 Å². The number of halogens is 2. The fraction of sp³-hybridized carbons (Fsp3) is 0.615. The van der Waals surface area contributed by atoms with E-state index in [9.17, 15) is 0 Å². The van der Waals surface area contributed by atoms with Crippen LogP contribution in [0.3, 0.4) is 0 Å². The van der Waals surface area contributed by atoms with Gasteiger partial charge in [-0.25, -0.2) is 0 Å². The molecule has 1 heterocycles. The van der Waals surface area contributed by atoms with Crippen molar-refractivity contribution in [1.82, 2.24) is 15.2 Å². The third kappa shape index (κ3) is 5.78. The monoisotopic (exact) mass is 377 g/mol. The smallest absolute Gasteiger partial charge is 0.0684 e. The molecule has 3 nitrogen and oxygen atoms in total. The number of nitrogens with one attached hydrogen (secondary N) is 1. The van der Waals surface area contributed by atoms with Crippen LogP contribution in [-0.2, 0) is 6.54 Å². The predicted molar refractivity (Wildman–Crippen MR) is 83.7 cm³/mol. The van der Waals surface area contributed by atoms with Gasteiger partial charge in [-0.3, -0.25) is 4.98 Å². The van der Waals surface area contributed by atoms with E-state index in [1.165, 1.54) is 13.0 Å². The molecule has 102 valence electrons. The number of hydrogen-bond acceptors (Lipinski definition) is 3. The van der Waals surface area contributed by atoms with Gasteiger partial charge in [-0.05, 0) is 57.4 Å². The first kappa shape index (κ1) is 16.1. The molecule has 0 saturated heterocycles. The van der Waals surface area contributed by atoms with E-state index in [-0.39, 0.29) is 0 Å². The van der Waals surface area contributed by atoms with Crippen molar-refractivity contribution in [2.24, 2.45) is 0 Å². The highest BCUT2D eigenvalue weighted by atomic mass is 79.9. The molecule has 0 radical (unpaired) electrons. The largest absolute Gasteiger partial charge is 0.310 e. The summed E-state index contributed by atoms with van der Waals surface area (Å²) in [7, 11) is 0. The van der Waals surface area contributed by atoms with Crippen LogP contribution in [0.25, 0.3) is 0 Å². The average Bonchev–Trinajstić information content (AvgIpc) is 2.35. The maximum atomic E-state index is 4.38. The van der Waals surface area contributed by atoms with E-state index in [4.69, 9.17) is 0 Å². The molecule has 0 fully saturated rings. The first-order valence-corrected chi connectivity index (χ1v) is 7.99. The normalized spacial score (nSPS) is 11.2. The standard InChI is InChI=1S/C13H21Br2N3/c1-3-6-18(4-2)7-5-16-10-13-12(15)8-11(14)9-17-13/h8-9,16H,3-7,10H2,1-2H3. The zero-order chi connectivity index (χ0) is 13.4. The number of aromatic nitrogens is 1. The minimum Gasteiger partial charge on any atom is -0.310 e. The van der Waals surface area contributed by atoms with Gasteiger partial charge < -0.3 is 10.2 Å². The van der Waals surface area contributed by atoms with Gasteiger partial charge in [0.1, 0.15) is 0 Å². The Hall–Kier alpha value is 0.0300. The first-order chi connectivity index (χ1) is 8.67. The minimum atomic E-state index is 0.803. The fourth-order valence-electron chi connectivity index (χ4n) is 1.76. The molecule has 1 aromatic rings. The SMILES string of the molecule is CCCN(CC)CCNCc1ncc(Br)cc1Br. The molecular weight excluding hydrogens is 358 g/mol. The molecule has 0 atom stereocenters. The quantitative estimate of drug-likeness (QED) is 0.702. The van der Waals surface area contributed by atoms with Gasteiger partial charge in [0.05, 0.1) is 5.69 Å². The molecule has 5 heteroatoms. The van der Waals surface area contributed by atoms with Crippen molar-refractivity contribution >= 4 is 31.9 Å². The topological polar surface area (TPSA) is 28.2 Å². The molecule has 18 heavy (non-hydrogen) atoms. The second kappa shape index (κ2) is 9.02. The molecule has 1 aromatic heterocycles. The summed E-state index contributed by atoms with van der Waals surface area (Å²) in [6.07, 6.45) is 3.05. The van der Waals surface area contributed by atoms with Crippen LogP contribution in [0.15, 0.2) is 21.2 Å².